The number of rotatable bonds is 8. The lowest BCUT2D eigenvalue weighted by Gasteiger charge is -2.26. The Kier molecular flexibility index (Phi) is 6.02. The van der Waals surface area contributed by atoms with Crippen molar-refractivity contribution in [1.82, 2.24) is 10.2 Å². The van der Waals surface area contributed by atoms with Crippen molar-refractivity contribution in [3.8, 4) is 11.1 Å². The monoisotopic (exact) mass is 462 g/mol. The summed E-state index contributed by atoms with van der Waals surface area (Å²) in [7, 11) is 0. The molecule has 2 aliphatic carbocycles. The number of amides is 2. The van der Waals surface area contributed by atoms with Gasteiger partial charge in [-0.05, 0) is 40.5 Å². The minimum absolute atomic E-state index is 0.0402. The Balaban J connectivity index is 1.21. The number of hydrogen-bond acceptors (Lipinski definition) is 4. The Labute approximate surface area is 199 Å². The summed E-state index contributed by atoms with van der Waals surface area (Å²) in [6, 6.07) is 15.7. The second kappa shape index (κ2) is 9.12. The van der Waals surface area contributed by atoms with Gasteiger partial charge in [0.25, 0.3) is 0 Å². The minimum atomic E-state index is -0.776. The van der Waals surface area contributed by atoms with Crippen LogP contribution >= 0.6 is 0 Å². The number of piperidine rings is 1. The zero-order chi connectivity index (χ0) is 23.8. The first-order chi connectivity index (χ1) is 16.5. The molecule has 2 aromatic rings. The number of nitrogens with zero attached hydrogens (tertiary/aromatic N) is 1. The molecule has 1 aliphatic heterocycles. The van der Waals surface area contributed by atoms with E-state index in [1.54, 1.807) is 4.90 Å². The summed E-state index contributed by atoms with van der Waals surface area (Å²) in [5.41, 5.74) is 4.60. The Bertz CT molecular complexity index is 1060. The Morgan fingerprint density at radius 2 is 1.62 bits per heavy atom. The van der Waals surface area contributed by atoms with Crippen molar-refractivity contribution in [3.63, 3.8) is 0 Å². The quantitative estimate of drug-likeness (QED) is 0.621. The van der Waals surface area contributed by atoms with Gasteiger partial charge in [-0.25, -0.2) is 4.79 Å². The lowest BCUT2D eigenvalue weighted by Crippen LogP contribution is -2.49. The van der Waals surface area contributed by atoms with Gasteiger partial charge in [0.2, 0.25) is 5.91 Å². The second-order valence-electron chi connectivity index (χ2n) is 9.60. The van der Waals surface area contributed by atoms with Crippen molar-refractivity contribution < 1.29 is 24.2 Å². The predicted octanol–water partition coefficient (Wildman–Crippen LogP) is 3.87. The van der Waals surface area contributed by atoms with Crippen LogP contribution in [0.3, 0.4) is 0 Å². The number of carboxylic acids is 1. The molecule has 1 saturated heterocycles. The zero-order valence-corrected chi connectivity index (χ0v) is 19.3. The molecule has 0 aromatic heterocycles. The summed E-state index contributed by atoms with van der Waals surface area (Å²) in [6.45, 7) is 3.14. The summed E-state index contributed by atoms with van der Waals surface area (Å²) in [6.07, 6.45) is 1.65. The molecule has 2 N–H and O–H groups in total. The number of carbonyl (C=O) groups excluding carboxylic acids is 2. The first kappa shape index (κ1) is 22.4. The standard InChI is InChI=1S/C27H30N2O5/c1-2-3-12-23(25(30)29-13-20-21(14-29)24(20)26(31)32)28-27(33)34-15-22-18-10-6-4-8-16(18)17-9-5-7-11-19(17)22/h4-11,20-24H,2-3,12-15H2,1H3,(H,28,33)(H,31,32)/t20-,21+,23-,24?/m0/s1. The summed E-state index contributed by atoms with van der Waals surface area (Å²) in [5, 5.41) is 12.0. The summed E-state index contributed by atoms with van der Waals surface area (Å²) >= 11 is 0. The summed E-state index contributed by atoms with van der Waals surface area (Å²) in [4.78, 5) is 38.8. The third-order valence-electron chi connectivity index (χ3n) is 7.57. The molecule has 34 heavy (non-hydrogen) atoms. The van der Waals surface area contributed by atoms with Gasteiger partial charge in [0.15, 0.2) is 0 Å². The first-order valence-electron chi connectivity index (χ1n) is 12.1. The Hall–Kier alpha value is -3.35. The average Bonchev–Trinajstić information content (AvgIpc) is 3.20. The SMILES string of the molecule is CCCC[C@H](NC(=O)OCC1c2ccccc2-c2ccccc21)C(=O)N1C[C@@H]2C(C(=O)O)[C@@H]2C1. The maximum absolute atomic E-state index is 13.1. The highest BCUT2D eigenvalue weighted by atomic mass is 16.5. The number of fused-ring (bicyclic) bond motifs is 4. The highest BCUT2D eigenvalue weighted by molar-refractivity contribution is 5.87. The molecule has 0 radical (unpaired) electrons. The van der Waals surface area contributed by atoms with E-state index < -0.39 is 18.1 Å². The molecule has 2 aromatic carbocycles. The number of aliphatic carboxylic acids is 1. The van der Waals surface area contributed by atoms with E-state index in [4.69, 9.17) is 4.74 Å². The van der Waals surface area contributed by atoms with Gasteiger partial charge in [0, 0.05) is 19.0 Å². The van der Waals surface area contributed by atoms with Crippen molar-refractivity contribution >= 4 is 18.0 Å². The number of unbranched alkanes of at least 4 members (excludes halogenated alkanes) is 1. The van der Waals surface area contributed by atoms with Crippen LogP contribution in [0.15, 0.2) is 48.5 Å². The van der Waals surface area contributed by atoms with Crippen LogP contribution in [0.4, 0.5) is 4.79 Å². The van der Waals surface area contributed by atoms with Crippen LogP contribution in [0.5, 0.6) is 0 Å². The molecule has 7 nitrogen and oxygen atoms in total. The Morgan fingerprint density at radius 3 is 2.18 bits per heavy atom. The molecule has 5 rings (SSSR count). The molecule has 2 amide bonds. The van der Waals surface area contributed by atoms with Crippen molar-refractivity contribution in [1.29, 1.82) is 0 Å². The van der Waals surface area contributed by atoms with E-state index in [2.05, 4.69) is 29.6 Å². The number of carboxylic acid groups (broad SMARTS) is 1. The number of alkyl carbamates (subject to hydrolysis) is 1. The third kappa shape index (κ3) is 4.04. The summed E-state index contributed by atoms with van der Waals surface area (Å²) in [5.74, 6) is -1.19. The van der Waals surface area contributed by atoms with Gasteiger partial charge < -0.3 is 20.1 Å². The lowest BCUT2D eigenvalue weighted by atomic mass is 9.98. The van der Waals surface area contributed by atoms with Gasteiger partial charge in [0.05, 0.1) is 5.92 Å². The fourth-order valence-corrected chi connectivity index (χ4v) is 5.74. The number of carbonyl (C=O) groups is 3. The maximum atomic E-state index is 13.1. The van der Waals surface area contributed by atoms with Crippen LogP contribution in [0.1, 0.15) is 43.2 Å². The lowest BCUT2D eigenvalue weighted by molar-refractivity contribution is -0.141. The highest BCUT2D eigenvalue weighted by Crippen LogP contribution is 2.52. The largest absolute Gasteiger partial charge is 0.481 e. The molecule has 0 bridgehead atoms. The molecular weight excluding hydrogens is 432 g/mol. The number of nitrogens with one attached hydrogen (secondary N) is 1. The zero-order valence-electron chi connectivity index (χ0n) is 19.3. The fourth-order valence-electron chi connectivity index (χ4n) is 5.74. The second-order valence-corrected chi connectivity index (χ2v) is 9.60. The smallest absolute Gasteiger partial charge is 0.407 e. The molecule has 4 atom stereocenters. The van der Waals surface area contributed by atoms with Gasteiger partial charge in [0.1, 0.15) is 12.6 Å². The number of likely N-dealkylation sites (tertiary alicyclic amines) is 1. The topological polar surface area (TPSA) is 95.9 Å². The third-order valence-corrected chi connectivity index (χ3v) is 7.57. The van der Waals surface area contributed by atoms with Crippen molar-refractivity contribution in [2.75, 3.05) is 19.7 Å². The van der Waals surface area contributed by atoms with Crippen LogP contribution in [-0.2, 0) is 14.3 Å². The van der Waals surface area contributed by atoms with Crippen molar-refractivity contribution in [3.05, 3.63) is 59.7 Å². The van der Waals surface area contributed by atoms with E-state index in [9.17, 15) is 19.5 Å². The number of hydrogen-bond donors (Lipinski definition) is 2. The van der Waals surface area contributed by atoms with Gasteiger partial charge in [-0.3, -0.25) is 9.59 Å². The molecule has 1 heterocycles. The van der Waals surface area contributed by atoms with Crippen molar-refractivity contribution in [2.24, 2.45) is 17.8 Å². The van der Waals surface area contributed by atoms with Crippen LogP contribution in [0.2, 0.25) is 0 Å². The normalized spacial score (nSPS) is 23.0. The average molecular weight is 463 g/mol. The molecular formula is C27H30N2O5. The van der Waals surface area contributed by atoms with Crippen LogP contribution in [0.25, 0.3) is 11.1 Å². The summed E-state index contributed by atoms with van der Waals surface area (Å²) < 4.78 is 5.64. The Morgan fingerprint density at radius 1 is 1.03 bits per heavy atom. The van der Waals surface area contributed by atoms with E-state index in [1.165, 1.54) is 0 Å². The van der Waals surface area contributed by atoms with Gasteiger partial charge in [-0.2, -0.15) is 0 Å². The van der Waals surface area contributed by atoms with Crippen LogP contribution < -0.4 is 5.32 Å². The maximum Gasteiger partial charge on any atom is 0.407 e. The van der Waals surface area contributed by atoms with E-state index in [0.29, 0.717) is 19.5 Å². The molecule has 1 saturated carbocycles. The molecule has 7 heteroatoms. The fraction of sp³-hybridized carbons (Fsp3) is 0.444. The molecule has 0 spiro atoms. The van der Waals surface area contributed by atoms with Gasteiger partial charge >= 0.3 is 12.1 Å². The van der Waals surface area contributed by atoms with E-state index in [-0.39, 0.29) is 36.2 Å². The van der Waals surface area contributed by atoms with E-state index >= 15 is 0 Å². The minimum Gasteiger partial charge on any atom is -0.481 e. The van der Waals surface area contributed by atoms with Crippen molar-refractivity contribution in [2.45, 2.75) is 38.1 Å². The van der Waals surface area contributed by atoms with E-state index in [1.807, 2.05) is 31.2 Å². The number of ether oxygens (including phenoxy) is 1. The van der Waals surface area contributed by atoms with Gasteiger partial charge in [-0.15, -0.1) is 0 Å². The molecule has 2 fully saturated rings. The highest BCUT2D eigenvalue weighted by Gasteiger charge is 2.60. The van der Waals surface area contributed by atoms with Crippen LogP contribution in [-0.4, -0.2) is 53.7 Å². The predicted molar refractivity (Wildman–Crippen MR) is 126 cm³/mol. The molecule has 178 valence electrons. The van der Waals surface area contributed by atoms with Crippen LogP contribution in [0, 0.1) is 17.8 Å². The molecule has 3 aliphatic rings. The first-order valence-corrected chi connectivity index (χ1v) is 12.1. The number of benzene rings is 2. The van der Waals surface area contributed by atoms with Gasteiger partial charge in [-0.1, -0.05) is 68.3 Å². The molecule has 1 unspecified atom stereocenters. The van der Waals surface area contributed by atoms with E-state index in [0.717, 1.165) is 35.1 Å².